The van der Waals surface area contributed by atoms with Crippen LogP contribution in [0.3, 0.4) is 0 Å². The minimum Gasteiger partial charge on any atom is -0.314 e. The summed E-state index contributed by atoms with van der Waals surface area (Å²) in [5.41, 5.74) is 0.266. The molecule has 2 heteroatoms. The Morgan fingerprint density at radius 1 is 0.938 bits per heavy atom. The molecule has 96 valence electrons. The van der Waals surface area contributed by atoms with Crippen molar-refractivity contribution in [1.29, 1.82) is 0 Å². The molecule has 0 unspecified atom stereocenters. The standard InChI is InChI=1S/C14H30N2/c1-14(2,3)16-12-8-11-15-13-9-6-4-5-7-10-13/h13,15-16H,4-12H2,1-3H3. The Morgan fingerprint density at radius 3 is 2.12 bits per heavy atom. The largest absolute Gasteiger partial charge is 0.314 e. The van der Waals surface area contributed by atoms with E-state index in [-0.39, 0.29) is 5.54 Å². The lowest BCUT2D eigenvalue weighted by atomic mass is 10.1. The van der Waals surface area contributed by atoms with E-state index in [4.69, 9.17) is 0 Å². The van der Waals surface area contributed by atoms with Crippen LogP contribution in [-0.4, -0.2) is 24.7 Å². The van der Waals surface area contributed by atoms with Crippen molar-refractivity contribution in [2.24, 2.45) is 0 Å². The van der Waals surface area contributed by atoms with E-state index >= 15 is 0 Å². The molecule has 0 aromatic heterocycles. The third-order valence-electron chi connectivity index (χ3n) is 3.30. The van der Waals surface area contributed by atoms with E-state index in [0.717, 1.165) is 12.6 Å². The molecule has 2 nitrogen and oxygen atoms in total. The van der Waals surface area contributed by atoms with Gasteiger partial charge >= 0.3 is 0 Å². The smallest absolute Gasteiger partial charge is 0.00965 e. The zero-order valence-corrected chi connectivity index (χ0v) is 11.4. The van der Waals surface area contributed by atoms with E-state index in [1.54, 1.807) is 0 Å². The van der Waals surface area contributed by atoms with Crippen molar-refractivity contribution in [2.45, 2.75) is 77.3 Å². The van der Waals surface area contributed by atoms with Crippen LogP contribution in [0.25, 0.3) is 0 Å². The van der Waals surface area contributed by atoms with Gasteiger partial charge in [-0.2, -0.15) is 0 Å². The number of rotatable bonds is 5. The van der Waals surface area contributed by atoms with Gasteiger partial charge in [0.25, 0.3) is 0 Å². The van der Waals surface area contributed by atoms with E-state index in [9.17, 15) is 0 Å². The first-order valence-corrected chi connectivity index (χ1v) is 7.06. The van der Waals surface area contributed by atoms with Crippen molar-refractivity contribution in [3.63, 3.8) is 0 Å². The van der Waals surface area contributed by atoms with Crippen LogP contribution >= 0.6 is 0 Å². The van der Waals surface area contributed by atoms with Crippen LogP contribution in [0.4, 0.5) is 0 Å². The molecule has 0 amide bonds. The van der Waals surface area contributed by atoms with Gasteiger partial charge in [-0.3, -0.25) is 0 Å². The summed E-state index contributed by atoms with van der Waals surface area (Å²) < 4.78 is 0. The normalized spacial score (nSPS) is 19.7. The van der Waals surface area contributed by atoms with Gasteiger partial charge in [0, 0.05) is 11.6 Å². The zero-order chi connectivity index (χ0) is 11.9. The highest BCUT2D eigenvalue weighted by Crippen LogP contribution is 2.16. The summed E-state index contributed by atoms with van der Waals surface area (Å²) in [7, 11) is 0. The summed E-state index contributed by atoms with van der Waals surface area (Å²) in [6, 6.07) is 0.803. The molecule has 0 bridgehead atoms. The molecule has 0 aromatic rings. The molecule has 1 aliphatic carbocycles. The molecule has 0 saturated heterocycles. The lowest BCUT2D eigenvalue weighted by Crippen LogP contribution is -2.38. The van der Waals surface area contributed by atoms with Gasteiger partial charge in [-0.25, -0.2) is 0 Å². The molecule has 0 aromatic carbocycles. The number of hydrogen-bond donors (Lipinski definition) is 2. The summed E-state index contributed by atoms with van der Waals surface area (Å²) in [4.78, 5) is 0. The van der Waals surface area contributed by atoms with Crippen LogP contribution in [-0.2, 0) is 0 Å². The first-order chi connectivity index (χ1) is 7.58. The highest BCUT2D eigenvalue weighted by Gasteiger charge is 2.11. The third kappa shape index (κ3) is 7.24. The molecule has 1 saturated carbocycles. The topological polar surface area (TPSA) is 24.1 Å². The van der Waals surface area contributed by atoms with Crippen LogP contribution in [0, 0.1) is 0 Å². The predicted molar refractivity (Wildman–Crippen MR) is 71.9 cm³/mol. The second kappa shape index (κ2) is 7.29. The highest BCUT2D eigenvalue weighted by molar-refractivity contribution is 4.72. The summed E-state index contributed by atoms with van der Waals surface area (Å²) in [5, 5.41) is 7.24. The Bertz CT molecular complexity index is 164. The van der Waals surface area contributed by atoms with Crippen molar-refractivity contribution in [3.05, 3.63) is 0 Å². The van der Waals surface area contributed by atoms with E-state index in [1.807, 2.05) is 0 Å². The van der Waals surface area contributed by atoms with Crippen LogP contribution in [0.5, 0.6) is 0 Å². The van der Waals surface area contributed by atoms with Gasteiger partial charge in [0.1, 0.15) is 0 Å². The molecule has 0 radical (unpaired) electrons. The second-order valence-electron chi connectivity index (χ2n) is 6.17. The van der Waals surface area contributed by atoms with Crippen LogP contribution in [0.15, 0.2) is 0 Å². The molecule has 1 aliphatic rings. The van der Waals surface area contributed by atoms with Crippen LogP contribution < -0.4 is 10.6 Å². The molecule has 1 fully saturated rings. The maximum absolute atomic E-state index is 3.71. The van der Waals surface area contributed by atoms with Crippen molar-refractivity contribution in [3.8, 4) is 0 Å². The van der Waals surface area contributed by atoms with Gasteiger partial charge in [-0.1, -0.05) is 25.7 Å². The number of nitrogens with one attached hydrogen (secondary N) is 2. The second-order valence-corrected chi connectivity index (χ2v) is 6.17. The summed E-state index contributed by atoms with van der Waals surface area (Å²) in [6.45, 7) is 8.99. The molecule has 2 N–H and O–H groups in total. The van der Waals surface area contributed by atoms with Crippen molar-refractivity contribution < 1.29 is 0 Å². The van der Waals surface area contributed by atoms with Gasteiger partial charge in [0.05, 0.1) is 0 Å². The minimum atomic E-state index is 0.266. The van der Waals surface area contributed by atoms with E-state index in [2.05, 4.69) is 31.4 Å². The average Bonchev–Trinajstić information content (AvgIpc) is 2.44. The van der Waals surface area contributed by atoms with E-state index < -0.39 is 0 Å². The summed E-state index contributed by atoms with van der Waals surface area (Å²) in [6.07, 6.45) is 9.79. The van der Waals surface area contributed by atoms with Crippen molar-refractivity contribution in [1.82, 2.24) is 10.6 Å². The maximum Gasteiger partial charge on any atom is 0.00965 e. The Labute approximate surface area is 102 Å². The summed E-state index contributed by atoms with van der Waals surface area (Å²) >= 11 is 0. The molecule has 0 heterocycles. The summed E-state index contributed by atoms with van der Waals surface area (Å²) in [5.74, 6) is 0. The maximum atomic E-state index is 3.71. The molecule has 16 heavy (non-hydrogen) atoms. The quantitative estimate of drug-likeness (QED) is 0.556. The Hall–Kier alpha value is -0.0800. The lowest BCUT2D eigenvalue weighted by molar-refractivity contribution is 0.403. The molecular formula is C14H30N2. The fraction of sp³-hybridized carbons (Fsp3) is 1.00. The Balaban J connectivity index is 1.97. The zero-order valence-electron chi connectivity index (χ0n) is 11.4. The van der Waals surface area contributed by atoms with Gasteiger partial charge in [0.2, 0.25) is 0 Å². The van der Waals surface area contributed by atoms with Gasteiger partial charge in [-0.05, 0) is 53.1 Å². The molecule has 0 aliphatic heterocycles. The lowest BCUT2D eigenvalue weighted by Gasteiger charge is -2.21. The fourth-order valence-electron chi connectivity index (χ4n) is 2.34. The van der Waals surface area contributed by atoms with E-state index in [1.165, 1.54) is 51.5 Å². The minimum absolute atomic E-state index is 0.266. The van der Waals surface area contributed by atoms with Crippen molar-refractivity contribution in [2.75, 3.05) is 13.1 Å². The molecule has 0 atom stereocenters. The third-order valence-corrected chi connectivity index (χ3v) is 3.30. The fourth-order valence-corrected chi connectivity index (χ4v) is 2.34. The number of hydrogen-bond acceptors (Lipinski definition) is 2. The molecular weight excluding hydrogens is 196 g/mol. The SMILES string of the molecule is CC(C)(C)NCCCNC1CCCCCC1. The van der Waals surface area contributed by atoms with E-state index in [0.29, 0.717) is 0 Å². The first kappa shape index (κ1) is 14.0. The Morgan fingerprint density at radius 2 is 1.56 bits per heavy atom. The molecule has 1 rings (SSSR count). The monoisotopic (exact) mass is 226 g/mol. The van der Waals surface area contributed by atoms with Crippen LogP contribution in [0.2, 0.25) is 0 Å². The first-order valence-electron chi connectivity index (χ1n) is 7.06. The average molecular weight is 226 g/mol. The highest BCUT2D eigenvalue weighted by atomic mass is 15.0. The molecule has 0 spiro atoms. The predicted octanol–water partition coefficient (Wildman–Crippen LogP) is 3.08. The van der Waals surface area contributed by atoms with Gasteiger partial charge in [-0.15, -0.1) is 0 Å². The van der Waals surface area contributed by atoms with Gasteiger partial charge in [0.15, 0.2) is 0 Å². The Kier molecular flexibility index (Phi) is 6.37. The van der Waals surface area contributed by atoms with Crippen LogP contribution in [0.1, 0.15) is 65.7 Å². The van der Waals surface area contributed by atoms with Crippen molar-refractivity contribution >= 4 is 0 Å². The van der Waals surface area contributed by atoms with Gasteiger partial charge < -0.3 is 10.6 Å².